The number of hydrogen-bond donors (Lipinski definition) is 1. The van der Waals surface area contributed by atoms with Crippen molar-refractivity contribution in [3.05, 3.63) is 53.1 Å². The number of nitrogens with one attached hydrogen (secondary N) is 1. The lowest BCUT2D eigenvalue weighted by molar-refractivity contribution is -0.120. The summed E-state index contributed by atoms with van der Waals surface area (Å²) in [6, 6.07) is 10.9. The second kappa shape index (κ2) is 7.59. The molecule has 0 unspecified atom stereocenters. The van der Waals surface area contributed by atoms with E-state index in [4.69, 9.17) is 9.47 Å². The third-order valence-electron chi connectivity index (χ3n) is 5.33. The number of amides is 1. The van der Waals surface area contributed by atoms with Crippen LogP contribution >= 0.6 is 0 Å². The Labute approximate surface area is 170 Å². The highest BCUT2D eigenvalue weighted by Gasteiger charge is 2.24. The molecular weight excluding hydrogens is 392 g/mol. The number of carbonyl (C=O) groups is 1. The van der Waals surface area contributed by atoms with E-state index >= 15 is 0 Å². The van der Waals surface area contributed by atoms with Crippen LogP contribution in [0.25, 0.3) is 0 Å². The third kappa shape index (κ3) is 4.17. The number of ether oxygens (including phenoxy) is 2. The van der Waals surface area contributed by atoms with Gasteiger partial charge in [0.25, 0.3) is 0 Å². The first kappa shape index (κ1) is 19.6. The predicted octanol–water partition coefficient (Wildman–Crippen LogP) is 2.55. The molecule has 0 aromatic heterocycles. The number of nitrogens with zero attached hydrogens (tertiary/aromatic N) is 1. The molecule has 1 aliphatic heterocycles. The second-order valence-electron chi connectivity index (χ2n) is 7.48. The first-order valence-corrected chi connectivity index (χ1v) is 11.4. The quantitative estimate of drug-likeness (QED) is 0.782. The van der Waals surface area contributed by atoms with E-state index in [9.17, 15) is 13.2 Å². The van der Waals surface area contributed by atoms with Gasteiger partial charge in [-0.25, -0.2) is 8.42 Å². The van der Waals surface area contributed by atoms with E-state index in [1.165, 1.54) is 17.5 Å². The number of aryl methyl sites for hydroxylation is 2. The Bertz CT molecular complexity index is 1050. The van der Waals surface area contributed by atoms with Crippen LogP contribution in [0.3, 0.4) is 0 Å². The van der Waals surface area contributed by atoms with E-state index in [2.05, 4.69) is 17.4 Å². The number of rotatable bonds is 6. The smallest absolute Gasteiger partial charge is 0.241 e. The van der Waals surface area contributed by atoms with Gasteiger partial charge in [0.1, 0.15) is 6.54 Å². The van der Waals surface area contributed by atoms with Crippen molar-refractivity contribution in [1.29, 1.82) is 0 Å². The summed E-state index contributed by atoms with van der Waals surface area (Å²) in [5, 5.41) is 2.91. The lowest BCUT2D eigenvalue weighted by Crippen LogP contribution is -2.41. The number of carbonyl (C=O) groups excluding carboxylic acids is 1. The fraction of sp³-hybridized carbons (Fsp3) is 0.381. The van der Waals surface area contributed by atoms with Crippen LogP contribution < -0.4 is 19.1 Å². The van der Waals surface area contributed by atoms with Gasteiger partial charge in [-0.15, -0.1) is 0 Å². The van der Waals surface area contributed by atoms with Crippen molar-refractivity contribution >= 4 is 21.6 Å². The SMILES string of the molecule is C[C@@H](NC(=O)CN(c1ccc2c(c1)OCO2)S(C)(=O)=O)c1ccc2c(c1)CCC2. The van der Waals surface area contributed by atoms with Gasteiger partial charge in [0, 0.05) is 6.07 Å². The minimum atomic E-state index is -3.66. The van der Waals surface area contributed by atoms with Gasteiger partial charge in [-0.05, 0) is 55.0 Å². The summed E-state index contributed by atoms with van der Waals surface area (Å²) < 4.78 is 36.3. The number of hydrogen-bond acceptors (Lipinski definition) is 5. The molecule has 0 spiro atoms. The summed E-state index contributed by atoms with van der Waals surface area (Å²) in [7, 11) is -3.66. The molecule has 0 saturated heterocycles. The highest BCUT2D eigenvalue weighted by molar-refractivity contribution is 7.92. The molecule has 0 saturated carbocycles. The Morgan fingerprint density at radius 3 is 2.66 bits per heavy atom. The van der Waals surface area contributed by atoms with Crippen LogP contribution in [0.1, 0.15) is 36.1 Å². The standard InChI is InChI=1S/C21H24N2O5S/c1-14(16-7-6-15-4-3-5-17(15)10-16)22-21(24)12-23(29(2,25)26)18-8-9-19-20(11-18)28-13-27-19/h6-11,14H,3-5,12-13H2,1-2H3,(H,22,24)/t14-/m1/s1. The van der Waals surface area contributed by atoms with Gasteiger partial charge in [-0.2, -0.15) is 0 Å². The van der Waals surface area contributed by atoms with Gasteiger partial charge in [0.15, 0.2) is 11.5 Å². The zero-order chi connectivity index (χ0) is 20.6. The Morgan fingerprint density at radius 1 is 1.10 bits per heavy atom. The molecule has 2 aliphatic rings. The molecule has 4 rings (SSSR count). The summed E-state index contributed by atoms with van der Waals surface area (Å²) in [6.07, 6.45) is 4.41. The van der Waals surface area contributed by atoms with Crippen molar-refractivity contribution < 1.29 is 22.7 Å². The Balaban J connectivity index is 1.48. The van der Waals surface area contributed by atoms with E-state index in [1.54, 1.807) is 18.2 Å². The minimum absolute atomic E-state index is 0.0937. The maximum Gasteiger partial charge on any atom is 0.241 e. The van der Waals surface area contributed by atoms with Crippen molar-refractivity contribution in [2.75, 3.05) is 23.9 Å². The predicted molar refractivity (Wildman–Crippen MR) is 110 cm³/mol. The molecule has 0 fully saturated rings. The van der Waals surface area contributed by atoms with Crippen molar-refractivity contribution in [2.45, 2.75) is 32.2 Å². The molecule has 0 bridgehead atoms. The molecular formula is C21H24N2O5S. The number of sulfonamides is 1. The van der Waals surface area contributed by atoms with E-state index in [1.807, 2.05) is 13.0 Å². The molecule has 1 N–H and O–H groups in total. The van der Waals surface area contributed by atoms with Crippen molar-refractivity contribution in [2.24, 2.45) is 0 Å². The molecule has 29 heavy (non-hydrogen) atoms. The summed E-state index contributed by atoms with van der Waals surface area (Å²) in [4.78, 5) is 12.7. The van der Waals surface area contributed by atoms with Gasteiger partial charge in [-0.3, -0.25) is 9.10 Å². The van der Waals surface area contributed by atoms with Gasteiger partial charge in [0.2, 0.25) is 22.7 Å². The van der Waals surface area contributed by atoms with E-state index < -0.39 is 10.0 Å². The van der Waals surface area contributed by atoms with Crippen molar-refractivity contribution in [1.82, 2.24) is 5.32 Å². The zero-order valence-corrected chi connectivity index (χ0v) is 17.3. The van der Waals surface area contributed by atoms with E-state index in [0.29, 0.717) is 17.2 Å². The summed E-state index contributed by atoms with van der Waals surface area (Å²) in [6.45, 7) is 1.68. The molecule has 2 aromatic carbocycles. The largest absolute Gasteiger partial charge is 0.454 e. The van der Waals surface area contributed by atoms with Crippen molar-refractivity contribution in [3.8, 4) is 11.5 Å². The second-order valence-corrected chi connectivity index (χ2v) is 9.38. The molecule has 0 radical (unpaired) electrons. The van der Waals surface area contributed by atoms with Gasteiger partial charge < -0.3 is 14.8 Å². The normalized spacial score (nSPS) is 15.7. The summed E-state index contributed by atoms with van der Waals surface area (Å²) in [5.41, 5.74) is 4.09. The van der Waals surface area contributed by atoms with Gasteiger partial charge >= 0.3 is 0 Å². The van der Waals surface area contributed by atoms with Crippen LogP contribution in [0.2, 0.25) is 0 Å². The monoisotopic (exact) mass is 416 g/mol. The average Bonchev–Trinajstić information content (AvgIpc) is 3.32. The van der Waals surface area contributed by atoms with Crippen LogP contribution in [0.5, 0.6) is 11.5 Å². The number of anilines is 1. The maximum atomic E-state index is 12.7. The molecule has 2 aromatic rings. The molecule has 8 heteroatoms. The third-order valence-corrected chi connectivity index (χ3v) is 6.47. The minimum Gasteiger partial charge on any atom is -0.454 e. The van der Waals surface area contributed by atoms with Crippen LogP contribution in [0.15, 0.2) is 36.4 Å². The van der Waals surface area contributed by atoms with Crippen LogP contribution in [0, 0.1) is 0 Å². The average molecular weight is 416 g/mol. The molecule has 7 nitrogen and oxygen atoms in total. The van der Waals surface area contributed by atoms with Crippen LogP contribution in [0.4, 0.5) is 5.69 Å². The Kier molecular flexibility index (Phi) is 5.12. The molecule has 1 atom stereocenters. The molecule has 154 valence electrons. The maximum absolute atomic E-state index is 12.7. The topological polar surface area (TPSA) is 84.9 Å². The molecule has 1 amide bonds. The van der Waals surface area contributed by atoms with Crippen LogP contribution in [-0.2, 0) is 27.7 Å². The van der Waals surface area contributed by atoms with Crippen LogP contribution in [-0.4, -0.2) is 33.9 Å². The fourth-order valence-corrected chi connectivity index (χ4v) is 4.65. The van der Waals surface area contributed by atoms with Crippen molar-refractivity contribution in [3.63, 3.8) is 0 Å². The molecule has 1 aliphatic carbocycles. The van der Waals surface area contributed by atoms with Gasteiger partial charge in [-0.1, -0.05) is 18.2 Å². The fourth-order valence-electron chi connectivity index (χ4n) is 3.80. The summed E-state index contributed by atoms with van der Waals surface area (Å²) >= 11 is 0. The first-order valence-electron chi connectivity index (χ1n) is 9.60. The zero-order valence-electron chi connectivity index (χ0n) is 16.5. The van der Waals surface area contributed by atoms with Gasteiger partial charge in [0.05, 0.1) is 18.0 Å². The Hall–Kier alpha value is -2.74. The highest BCUT2D eigenvalue weighted by atomic mass is 32.2. The highest BCUT2D eigenvalue weighted by Crippen LogP contribution is 2.36. The lowest BCUT2D eigenvalue weighted by Gasteiger charge is -2.23. The Morgan fingerprint density at radius 2 is 1.86 bits per heavy atom. The summed E-state index contributed by atoms with van der Waals surface area (Å²) in [5.74, 6) is 0.640. The number of benzene rings is 2. The lowest BCUT2D eigenvalue weighted by atomic mass is 10.0. The molecule has 1 heterocycles. The number of fused-ring (bicyclic) bond motifs is 2. The van der Waals surface area contributed by atoms with E-state index in [0.717, 1.165) is 29.0 Å². The van der Waals surface area contributed by atoms with E-state index in [-0.39, 0.29) is 25.3 Å². The first-order chi connectivity index (χ1) is 13.8.